The molecule has 0 aromatic heterocycles. The molecule has 98 valence electrons. The van der Waals surface area contributed by atoms with E-state index in [9.17, 15) is 9.50 Å². The Balaban J connectivity index is 1.90. The minimum atomic E-state index is -0.544. The van der Waals surface area contributed by atoms with E-state index in [2.05, 4.69) is 11.9 Å². The van der Waals surface area contributed by atoms with Gasteiger partial charge in [0.1, 0.15) is 17.2 Å². The predicted octanol–water partition coefficient (Wildman–Crippen LogP) is 2.11. The summed E-state index contributed by atoms with van der Waals surface area (Å²) >= 11 is 0. The van der Waals surface area contributed by atoms with Crippen LogP contribution in [0.25, 0.3) is 0 Å². The zero-order chi connectivity index (χ0) is 12.8. The highest BCUT2D eigenvalue weighted by molar-refractivity contribution is 5.38. The highest BCUT2D eigenvalue weighted by Gasteiger charge is 2.42. The molecule has 1 spiro atoms. The van der Waals surface area contributed by atoms with Crippen LogP contribution < -0.4 is 4.74 Å². The number of hydrogen-bond acceptors (Lipinski definition) is 3. The molecule has 1 aromatic rings. The quantitative estimate of drug-likeness (QED) is 0.766. The van der Waals surface area contributed by atoms with Gasteiger partial charge in [-0.25, -0.2) is 4.39 Å². The summed E-state index contributed by atoms with van der Waals surface area (Å²) in [6.45, 7) is 1.91. The lowest BCUT2D eigenvalue weighted by atomic mass is 9.82. The minimum absolute atomic E-state index is 0.313. The van der Waals surface area contributed by atoms with Crippen LogP contribution in [0.5, 0.6) is 5.75 Å². The van der Waals surface area contributed by atoms with Gasteiger partial charge in [0.05, 0.1) is 6.10 Å². The molecule has 2 aliphatic heterocycles. The van der Waals surface area contributed by atoms with E-state index in [1.54, 1.807) is 6.07 Å². The molecule has 2 heterocycles. The lowest BCUT2D eigenvalue weighted by Gasteiger charge is -2.45. The van der Waals surface area contributed by atoms with E-state index in [-0.39, 0.29) is 11.4 Å². The van der Waals surface area contributed by atoms with E-state index in [0.717, 1.165) is 25.9 Å². The van der Waals surface area contributed by atoms with Crippen LogP contribution in [0.3, 0.4) is 0 Å². The Morgan fingerprint density at radius 3 is 2.83 bits per heavy atom. The predicted molar refractivity (Wildman–Crippen MR) is 66.1 cm³/mol. The van der Waals surface area contributed by atoms with Crippen molar-refractivity contribution >= 4 is 0 Å². The number of nitrogens with zero attached hydrogens (tertiary/aromatic N) is 1. The Labute approximate surface area is 106 Å². The molecule has 1 N–H and O–H groups in total. The maximum Gasteiger partial charge on any atom is 0.128 e. The number of benzene rings is 1. The van der Waals surface area contributed by atoms with Gasteiger partial charge in [-0.05, 0) is 32.0 Å². The van der Waals surface area contributed by atoms with Crippen LogP contribution in [-0.4, -0.2) is 35.7 Å². The third-order valence-corrected chi connectivity index (χ3v) is 4.12. The summed E-state index contributed by atoms with van der Waals surface area (Å²) in [4.78, 5) is 2.25. The van der Waals surface area contributed by atoms with E-state index < -0.39 is 6.10 Å². The standard InChI is InChI=1S/C14H18FNO2/c1-16-6-4-14(5-7-16)9-12(17)11-3-2-10(15)8-13(11)18-14/h2-3,8,12,17H,4-7,9H2,1H3/t12-/m0/s1. The fourth-order valence-corrected chi connectivity index (χ4v) is 2.94. The molecule has 1 aromatic carbocycles. The van der Waals surface area contributed by atoms with E-state index in [1.807, 2.05) is 0 Å². The monoisotopic (exact) mass is 251 g/mol. The van der Waals surface area contributed by atoms with Crippen molar-refractivity contribution in [1.29, 1.82) is 0 Å². The molecule has 1 saturated heterocycles. The van der Waals surface area contributed by atoms with Crippen LogP contribution in [0.15, 0.2) is 18.2 Å². The number of rotatable bonds is 0. The minimum Gasteiger partial charge on any atom is -0.487 e. The molecule has 0 unspecified atom stereocenters. The van der Waals surface area contributed by atoms with E-state index >= 15 is 0 Å². The normalized spacial score (nSPS) is 26.7. The fraction of sp³-hybridized carbons (Fsp3) is 0.571. The second-order valence-corrected chi connectivity index (χ2v) is 5.49. The number of fused-ring (bicyclic) bond motifs is 1. The maximum absolute atomic E-state index is 13.3. The third kappa shape index (κ3) is 1.99. The lowest BCUT2D eigenvalue weighted by molar-refractivity contribution is -0.0505. The van der Waals surface area contributed by atoms with Crippen molar-refractivity contribution in [2.75, 3.05) is 20.1 Å². The van der Waals surface area contributed by atoms with Crippen LogP contribution in [0.1, 0.15) is 30.9 Å². The summed E-state index contributed by atoms with van der Waals surface area (Å²) in [7, 11) is 2.08. The summed E-state index contributed by atoms with van der Waals surface area (Å²) in [6.07, 6.45) is 1.84. The molecule has 3 nitrogen and oxygen atoms in total. The summed E-state index contributed by atoms with van der Waals surface area (Å²) < 4.78 is 19.3. The number of aliphatic hydroxyl groups excluding tert-OH is 1. The summed E-state index contributed by atoms with van der Waals surface area (Å²) in [6, 6.07) is 4.38. The maximum atomic E-state index is 13.3. The van der Waals surface area contributed by atoms with Crippen molar-refractivity contribution in [3.8, 4) is 5.75 Å². The number of hydrogen-bond donors (Lipinski definition) is 1. The lowest BCUT2D eigenvalue weighted by Crippen LogP contribution is -2.49. The van der Waals surface area contributed by atoms with E-state index in [4.69, 9.17) is 4.74 Å². The molecular weight excluding hydrogens is 233 g/mol. The largest absolute Gasteiger partial charge is 0.487 e. The molecule has 0 amide bonds. The van der Waals surface area contributed by atoms with Crippen molar-refractivity contribution in [1.82, 2.24) is 4.90 Å². The average molecular weight is 251 g/mol. The van der Waals surface area contributed by atoms with E-state index in [1.165, 1.54) is 12.1 Å². The Bertz CT molecular complexity index is 455. The number of piperidine rings is 1. The Kier molecular flexibility index (Phi) is 2.79. The molecule has 0 radical (unpaired) electrons. The smallest absolute Gasteiger partial charge is 0.128 e. The molecule has 0 saturated carbocycles. The van der Waals surface area contributed by atoms with Gasteiger partial charge in [0.2, 0.25) is 0 Å². The van der Waals surface area contributed by atoms with Gasteiger partial charge in [0.25, 0.3) is 0 Å². The molecule has 1 atom stereocenters. The molecule has 4 heteroatoms. The van der Waals surface area contributed by atoms with Crippen LogP contribution in [0, 0.1) is 5.82 Å². The molecule has 2 aliphatic rings. The molecule has 1 fully saturated rings. The SMILES string of the molecule is CN1CCC2(CC1)C[C@H](O)c1ccc(F)cc1O2. The van der Waals surface area contributed by atoms with Crippen LogP contribution in [0.2, 0.25) is 0 Å². The zero-order valence-corrected chi connectivity index (χ0v) is 10.5. The number of ether oxygens (including phenoxy) is 1. The highest BCUT2D eigenvalue weighted by atomic mass is 19.1. The number of likely N-dealkylation sites (tertiary alicyclic amines) is 1. The third-order valence-electron chi connectivity index (χ3n) is 4.12. The first-order chi connectivity index (χ1) is 8.58. The second-order valence-electron chi connectivity index (χ2n) is 5.49. The summed E-state index contributed by atoms with van der Waals surface area (Å²) in [5.41, 5.74) is 0.396. The van der Waals surface area contributed by atoms with Crippen molar-refractivity contribution in [2.24, 2.45) is 0 Å². The van der Waals surface area contributed by atoms with Crippen LogP contribution >= 0.6 is 0 Å². The zero-order valence-electron chi connectivity index (χ0n) is 10.5. The topological polar surface area (TPSA) is 32.7 Å². The Morgan fingerprint density at radius 1 is 1.39 bits per heavy atom. The average Bonchev–Trinajstić information content (AvgIpc) is 2.33. The molecular formula is C14H18FNO2. The number of halogens is 1. The van der Waals surface area contributed by atoms with Gasteiger partial charge in [-0.1, -0.05) is 0 Å². The van der Waals surface area contributed by atoms with Gasteiger partial charge in [-0.3, -0.25) is 0 Å². The molecule has 3 rings (SSSR count). The Morgan fingerprint density at radius 2 is 2.11 bits per heavy atom. The summed E-state index contributed by atoms with van der Waals surface area (Å²) in [5, 5.41) is 10.2. The highest BCUT2D eigenvalue weighted by Crippen LogP contribution is 2.44. The fourth-order valence-electron chi connectivity index (χ4n) is 2.94. The first kappa shape index (κ1) is 11.9. The van der Waals surface area contributed by atoms with Crippen molar-refractivity contribution in [3.63, 3.8) is 0 Å². The van der Waals surface area contributed by atoms with Crippen LogP contribution in [0.4, 0.5) is 4.39 Å². The van der Waals surface area contributed by atoms with Crippen LogP contribution in [-0.2, 0) is 0 Å². The number of aliphatic hydroxyl groups is 1. The molecule has 0 bridgehead atoms. The van der Waals surface area contributed by atoms with Gasteiger partial charge in [-0.2, -0.15) is 0 Å². The molecule has 18 heavy (non-hydrogen) atoms. The van der Waals surface area contributed by atoms with E-state index in [0.29, 0.717) is 17.7 Å². The Hall–Kier alpha value is -1.13. The van der Waals surface area contributed by atoms with Gasteiger partial charge in [0, 0.05) is 31.1 Å². The second kappa shape index (κ2) is 4.21. The van der Waals surface area contributed by atoms with Crippen molar-refractivity contribution < 1.29 is 14.2 Å². The summed E-state index contributed by atoms with van der Waals surface area (Å²) in [5.74, 6) is 0.198. The van der Waals surface area contributed by atoms with Gasteiger partial charge >= 0.3 is 0 Å². The van der Waals surface area contributed by atoms with Crippen molar-refractivity contribution in [2.45, 2.75) is 31.0 Å². The van der Waals surface area contributed by atoms with Crippen molar-refractivity contribution in [3.05, 3.63) is 29.6 Å². The van der Waals surface area contributed by atoms with Gasteiger partial charge in [-0.15, -0.1) is 0 Å². The molecule has 0 aliphatic carbocycles. The van der Waals surface area contributed by atoms with Gasteiger partial charge in [0.15, 0.2) is 0 Å². The van der Waals surface area contributed by atoms with Gasteiger partial charge < -0.3 is 14.7 Å². The first-order valence-electron chi connectivity index (χ1n) is 6.43. The first-order valence-corrected chi connectivity index (χ1v) is 6.43.